The van der Waals surface area contributed by atoms with E-state index >= 15 is 4.39 Å². The normalized spacial score (nSPS) is 18.3. The van der Waals surface area contributed by atoms with E-state index < -0.39 is 58.0 Å². The molecule has 2 atom stereocenters. The number of aromatic hydroxyl groups is 1. The summed E-state index contributed by atoms with van der Waals surface area (Å²) in [5.74, 6) is -1.55. The van der Waals surface area contributed by atoms with Crippen molar-refractivity contribution in [3.05, 3.63) is 58.4 Å². The first-order valence-corrected chi connectivity index (χ1v) is 14.5. The molecule has 1 aromatic heterocycles. The zero-order valence-electron chi connectivity index (χ0n) is 25.0. The van der Waals surface area contributed by atoms with E-state index in [1.807, 2.05) is 0 Å². The van der Waals surface area contributed by atoms with Crippen molar-refractivity contribution in [3.8, 4) is 22.9 Å². The van der Waals surface area contributed by atoms with E-state index in [2.05, 4.69) is 9.97 Å². The number of nitro benzene ring substituents is 1. The Kier molecular flexibility index (Phi) is 7.52. The first-order valence-electron chi connectivity index (χ1n) is 14.5. The van der Waals surface area contributed by atoms with Crippen LogP contribution >= 0.6 is 0 Å². The van der Waals surface area contributed by atoms with Crippen molar-refractivity contribution in [2.75, 3.05) is 24.6 Å². The third-order valence-corrected chi connectivity index (χ3v) is 7.93. The fourth-order valence-electron chi connectivity index (χ4n) is 6.22. The number of amides is 1. The lowest BCUT2D eigenvalue weighted by Gasteiger charge is -2.42. The smallest absolute Gasteiger partial charge is 0.422 e. The Morgan fingerprint density at radius 1 is 1.07 bits per heavy atom. The summed E-state index contributed by atoms with van der Waals surface area (Å²) in [5.41, 5.74) is -2.42. The standard InChI is InChI=1S/C31H29F4N5O6/c1-30(2,3)46-29(42)39-17-8-9-18(39)14-38(13-17)27-22-12-23(40(43)44)24(21-11-19(41)10-16-6-4-5-7-20(16)21)25(32)26(22)36-28(37-27)45-15-31(33,34)35/h4-7,10-12,17-18,41H,8-9,13-15H2,1-3H3/t17-,18+. The van der Waals surface area contributed by atoms with E-state index in [1.165, 1.54) is 12.1 Å². The number of hydrogen-bond acceptors (Lipinski definition) is 9. The number of alkyl halides is 3. The third kappa shape index (κ3) is 5.88. The van der Waals surface area contributed by atoms with Gasteiger partial charge in [-0.3, -0.25) is 15.0 Å². The van der Waals surface area contributed by atoms with Crippen LogP contribution in [0, 0.1) is 15.9 Å². The molecule has 2 fully saturated rings. The number of carbonyl (C=O) groups excluding carboxylic acids is 1. The summed E-state index contributed by atoms with van der Waals surface area (Å²) in [5, 5.41) is 23.6. The first kappa shape index (κ1) is 31.0. The minimum Gasteiger partial charge on any atom is -0.508 e. The molecule has 2 aliphatic heterocycles. The molecule has 4 aromatic rings. The van der Waals surface area contributed by atoms with Gasteiger partial charge in [0, 0.05) is 24.7 Å². The summed E-state index contributed by atoms with van der Waals surface area (Å²) in [6.07, 6.45) is -4.06. The van der Waals surface area contributed by atoms with Crippen LogP contribution in [0.5, 0.6) is 11.8 Å². The lowest BCUT2D eigenvalue weighted by Crippen LogP contribution is -2.57. The maximum atomic E-state index is 16.7. The Bertz CT molecular complexity index is 1870. The van der Waals surface area contributed by atoms with Crippen molar-refractivity contribution < 1.29 is 41.9 Å². The second-order valence-corrected chi connectivity index (χ2v) is 12.4. The Labute approximate surface area is 259 Å². The molecule has 1 amide bonds. The molecule has 2 bridgehead atoms. The Morgan fingerprint density at radius 3 is 2.37 bits per heavy atom. The van der Waals surface area contributed by atoms with Crippen LogP contribution in [0.15, 0.2) is 42.5 Å². The van der Waals surface area contributed by atoms with Crippen LogP contribution in [-0.2, 0) is 4.74 Å². The third-order valence-electron chi connectivity index (χ3n) is 7.93. The van der Waals surface area contributed by atoms with Gasteiger partial charge in [-0.1, -0.05) is 24.3 Å². The van der Waals surface area contributed by atoms with Gasteiger partial charge in [-0.25, -0.2) is 9.18 Å². The highest BCUT2D eigenvalue weighted by molar-refractivity contribution is 6.04. The van der Waals surface area contributed by atoms with Gasteiger partial charge in [0.1, 0.15) is 22.7 Å². The van der Waals surface area contributed by atoms with Crippen LogP contribution in [0.1, 0.15) is 33.6 Å². The monoisotopic (exact) mass is 643 g/mol. The molecule has 6 rings (SSSR count). The summed E-state index contributed by atoms with van der Waals surface area (Å²) in [6.45, 7) is 3.77. The minimum atomic E-state index is -4.75. The van der Waals surface area contributed by atoms with Crippen molar-refractivity contribution in [2.45, 2.75) is 57.5 Å². The van der Waals surface area contributed by atoms with Gasteiger partial charge in [0.25, 0.3) is 5.69 Å². The fourth-order valence-corrected chi connectivity index (χ4v) is 6.22. The number of rotatable bonds is 5. The van der Waals surface area contributed by atoms with Gasteiger partial charge >= 0.3 is 18.3 Å². The number of nitro groups is 1. The van der Waals surface area contributed by atoms with Gasteiger partial charge in [0.2, 0.25) is 0 Å². The molecule has 11 nitrogen and oxygen atoms in total. The molecule has 242 valence electrons. The molecule has 46 heavy (non-hydrogen) atoms. The summed E-state index contributed by atoms with van der Waals surface area (Å²) < 4.78 is 66.5. The molecule has 2 saturated heterocycles. The maximum absolute atomic E-state index is 16.7. The van der Waals surface area contributed by atoms with Gasteiger partial charge in [-0.15, -0.1) is 0 Å². The predicted octanol–water partition coefficient (Wildman–Crippen LogP) is 6.73. The quantitative estimate of drug-likeness (QED) is 0.143. The molecule has 0 radical (unpaired) electrons. The van der Waals surface area contributed by atoms with Gasteiger partial charge < -0.3 is 19.5 Å². The van der Waals surface area contributed by atoms with Gasteiger partial charge in [-0.05, 0) is 56.5 Å². The van der Waals surface area contributed by atoms with Crippen LogP contribution in [0.25, 0.3) is 32.8 Å². The summed E-state index contributed by atoms with van der Waals surface area (Å²) in [6, 6.07) is 8.72. The number of phenols is 1. The Balaban J connectivity index is 1.52. The highest BCUT2D eigenvalue weighted by atomic mass is 19.4. The minimum absolute atomic E-state index is 0.0105. The summed E-state index contributed by atoms with van der Waals surface area (Å²) in [7, 11) is 0. The van der Waals surface area contributed by atoms with E-state index in [1.54, 1.807) is 54.8 Å². The van der Waals surface area contributed by atoms with E-state index in [9.17, 15) is 33.2 Å². The van der Waals surface area contributed by atoms with Gasteiger partial charge in [-0.2, -0.15) is 23.1 Å². The van der Waals surface area contributed by atoms with E-state index in [4.69, 9.17) is 9.47 Å². The number of phenolic OH excluding ortho intramolecular Hbond substituents is 1. The number of anilines is 1. The molecular weight excluding hydrogens is 614 g/mol. The maximum Gasteiger partial charge on any atom is 0.422 e. The Hall–Kier alpha value is -4.95. The number of halogens is 4. The van der Waals surface area contributed by atoms with Crippen LogP contribution in [0.3, 0.4) is 0 Å². The van der Waals surface area contributed by atoms with Crippen LogP contribution < -0.4 is 9.64 Å². The number of piperazine rings is 1. The molecule has 0 saturated carbocycles. The van der Waals surface area contributed by atoms with Gasteiger partial charge in [0.05, 0.1) is 28.0 Å². The van der Waals surface area contributed by atoms with Crippen LogP contribution in [-0.4, -0.2) is 74.5 Å². The second kappa shape index (κ2) is 11.1. The van der Waals surface area contributed by atoms with E-state index in [-0.39, 0.29) is 47.7 Å². The molecule has 0 unspecified atom stereocenters. The number of ether oxygens (including phenoxy) is 2. The zero-order chi connectivity index (χ0) is 33.1. The Morgan fingerprint density at radius 2 is 1.74 bits per heavy atom. The summed E-state index contributed by atoms with van der Waals surface area (Å²) in [4.78, 5) is 36.1. The largest absolute Gasteiger partial charge is 0.508 e. The van der Waals surface area contributed by atoms with E-state index in [0.717, 1.165) is 6.07 Å². The van der Waals surface area contributed by atoms with Crippen molar-refractivity contribution in [1.29, 1.82) is 0 Å². The van der Waals surface area contributed by atoms with Crippen molar-refractivity contribution in [2.24, 2.45) is 0 Å². The number of carbonyl (C=O) groups is 1. The van der Waals surface area contributed by atoms with Crippen molar-refractivity contribution in [1.82, 2.24) is 14.9 Å². The molecule has 3 aromatic carbocycles. The molecule has 15 heteroatoms. The average Bonchev–Trinajstić information content (AvgIpc) is 3.23. The van der Waals surface area contributed by atoms with Crippen molar-refractivity contribution in [3.63, 3.8) is 0 Å². The molecule has 3 heterocycles. The number of benzene rings is 3. The van der Waals surface area contributed by atoms with Gasteiger partial charge in [0.15, 0.2) is 12.4 Å². The van der Waals surface area contributed by atoms with Crippen LogP contribution in [0.2, 0.25) is 0 Å². The number of fused-ring (bicyclic) bond motifs is 4. The van der Waals surface area contributed by atoms with E-state index in [0.29, 0.717) is 23.6 Å². The number of nitrogens with zero attached hydrogens (tertiary/aromatic N) is 5. The zero-order valence-corrected chi connectivity index (χ0v) is 25.0. The number of aromatic nitrogens is 2. The lowest BCUT2D eigenvalue weighted by molar-refractivity contribution is -0.384. The number of hydrogen-bond donors (Lipinski definition) is 1. The SMILES string of the molecule is CC(C)(C)OC(=O)N1[C@@H]2CC[C@H]1CN(c1nc(OCC(F)(F)F)nc3c(F)c(-c4cc(O)cc5ccccc45)c([N+](=O)[O-])cc13)C2. The highest BCUT2D eigenvalue weighted by Crippen LogP contribution is 2.44. The molecule has 1 N–H and O–H groups in total. The topological polar surface area (TPSA) is 131 Å². The molecule has 2 aliphatic rings. The lowest BCUT2D eigenvalue weighted by atomic mass is 9.94. The molecule has 0 aliphatic carbocycles. The van der Waals surface area contributed by atoms with Crippen LogP contribution in [0.4, 0.5) is 33.9 Å². The molecular formula is C31H29F4N5O6. The predicted molar refractivity (Wildman–Crippen MR) is 159 cm³/mol. The van der Waals surface area contributed by atoms with Crippen molar-refractivity contribution >= 4 is 39.3 Å². The highest BCUT2D eigenvalue weighted by Gasteiger charge is 2.45. The first-order chi connectivity index (χ1) is 21.6. The molecule has 0 spiro atoms. The average molecular weight is 644 g/mol. The fraction of sp³-hybridized carbons (Fsp3) is 0.387. The summed E-state index contributed by atoms with van der Waals surface area (Å²) >= 11 is 0. The second-order valence-electron chi connectivity index (χ2n) is 12.4.